The summed E-state index contributed by atoms with van der Waals surface area (Å²) in [5.74, 6) is -1.81. The molecule has 0 unspecified atom stereocenters. The van der Waals surface area contributed by atoms with Crippen molar-refractivity contribution in [3.63, 3.8) is 0 Å². The number of benzene rings is 4. The molecule has 0 aromatic heterocycles. The van der Waals surface area contributed by atoms with Crippen molar-refractivity contribution in [1.82, 2.24) is 10.6 Å². The molecule has 0 radical (unpaired) electrons. The molecule has 4 aromatic carbocycles. The van der Waals surface area contributed by atoms with E-state index in [4.69, 9.17) is 4.74 Å². The van der Waals surface area contributed by atoms with E-state index in [1.165, 1.54) is 6.07 Å². The lowest BCUT2D eigenvalue weighted by Gasteiger charge is -2.15. The Bertz CT molecular complexity index is 1360. The maximum Gasteiger partial charge on any atom is 0.407 e. The molecule has 0 atom stereocenters. The summed E-state index contributed by atoms with van der Waals surface area (Å²) in [5, 5.41) is 5.45. The summed E-state index contributed by atoms with van der Waals surface area (Å²) in [5.41, 5.74) is 3.66. The van der Waals surface area contributed by atoms with Gasteiger partial charge in [-0.3, -0.25) is 4.79 Å². The van der Waals surface area contributed by atoms with Crippen LogP contribution in [0.3, 0.4) is 0 Å². The van der Waals surface area contributed by atoms with Crippen LogP contribution in [0.25, 0.3) is 11.1 Å². The van der Waals surface area contributed by atoms with E-state index in [2.05, 4.69) is 10.6 Å². The Balaban J connectivity index is 1.45. The maximum atomic E-state index is 14.0. The van der Waals surface area contributed by atoms with Crippen LogP contribution < -0.4 is 10.6 Å². The van der Waals surface area contributed by atoms with Gasteiger partial charge in [-0.1, -0.05) is 78.9 Å². The van der Waals surface area contributed by atoms with Gasteiger partial charge in [-0.2, -0.15) is 0 Å². The van der Waals surface area contributed by atoms with Crippen molar-refractivity contribution in [2.45, 2.75) is 19.7 Å². The van der Waals surface area contributed by atoms with Gasteiger partial charge in [0.2, 0.25) is 0 Å². The Morgan fingerprint density at radius 2 is 1.36 bits per heavy atom. The van der Waals surface area contributed by atoms with Crippen molar-refractivity contribution < 1.29 is 23.1 Å². The number of nitrogens with one attached hydrogen (secondary N) is 2. The first-order chi connectivity index (χ1) is 17.5. The zero-order chi connectivity index (χ0) is 25.3. The van der Waals surface area contributed by atoms with Crippen molar-refractivity contribution in [3.8, 4) is 11.1 Å². The molecule has 0 saturated carbocycles. The van der Waals surface area contributed by atoms with E-state index in [1.54, 1.807) is 18.2 Å². The van der Waals surface area contributed by atoms with E-state index in [1.807, 2.05) is 60.7 Å². The quantitative estimate of drug-likeness (QED) is 0.322. The SMILES string of the molecule is O=C(NCc1ccccc1-c1ccccc1C(=O)NCc1ccc(F)cc1F)OCc1ccccc1. The molecule has 4 aromatic rings. The van der Waals surface area contributed by atoms with E-state index in [9.17, 15) is 18.4 Å². The molecule has 0 aliphatic carbocycles. The average molecular weight is 487 g/mol. The number of amides is 2. The third kappa shape index (κ3) is 6.33. The van der Waals surface area contributed by atoms with Gasteiger partial charge in [0.1, 0.15) is 18.2 Å². The van der Waals surface area contributed by atoms with Crippen molar-refractivity contribution in [2.24, 2.45) is 0 Å². The van der Waals surface area contributed by atoms with Gasteiger partial charge in [-0.15, -0.1) is 0 Å². The number of carbonyl (C=O) groups is 2. The predicted octanol–water partition coefficient (Wildman–Crippen LogP) is 5.99. The van der Waals surface area contributed by atoms with Gasteiger partial charge >= 0.3 is 6.09 Å². The molecule has 0 saturated heterocycles. The fraction of sp³-hybridized carbons (Fsp3) is 0.103. The second-order valence-corrected chi connectivity index (χ2v) is 8.04. The lowest BCUT2D eigenvalue weighted by molar-refractivity contribution is 0.0951. The molecule has 0 heterocycles. The highest BCUT2D eigenvalue weighted by Gasteiger charge is 2.16. The fourth-order valence-corrected chi connectivity index (χ4v) is 3.73. The second kappa shape index (κ2) is 11.8. The van der Waals surface area contributed by atoms with Gasteiger partial charge in [-0.25, -0.2) is 13.6 Å². The summed E-state index contributed by atoms with van der Waals surface area (Å²) in [7, 11) is 0. The molecule has 36 heavy (non-hydrogen) atoms. The number of carbonyl (C=O) groups excluding carboxylic acids is 2. The van der Waals surface area contributed by atoms with Crippen LogP contribution in [-0.4, -0.2) is 12.0 Å². The highest BCUT2D eigenvalue weighted by Crippen LogP contribution is 2.27. The predicted molar refractivity (Wildman–Crippen MR) is 133 cm³/mol. The summed E-state index contributed by atoms with van der Waals surface area (Å²) in [6.45, 7) is 0.266. The monoisotopic (exact) mass is 486 g/mol. The van der Waals surface area contributed by atoms with Crippen molar-refractivity contribution in [1.29, 1.82) is 0 Å². The van der Waals surface area contributed by atoms with Crippen LogP contribution in [-0.2, 0) is 24.4 Å². The smallest absolute Gasteiger partial charge is 0.407 e. The second-order valence-electron chi connectivity index (χ2n) is 8.04. The Morgan fingerprint density at radius 3 is 2.14 bits per heavy atom. The molecule has 182 valence electrons. The first-order valence-electron chi connectivity index (χ1n) is 11.4. The Hall–Kier alpha value is -4.52. The summed E-state index contributed by atoms with van der Waals surface area (Å²) in [6.07, 6.45) is -0.555. The highest BCUT2D eigenvalue weighted by atomic mass is 19.1. The van der Waals surface area contributed by atoms with Crippen molar-refractivity contribution in [2.75, 3.05) is 0 Å². The Kier molecular flexibility index (Phi) is 8.03. The minimum Gasteiger partial charge on any atom is -0.445 e. The average Bonchev–Trinajstić information content (AvgIpc) is 2.91. The summed E-state index contributed by atoms with van der Waals surface area (Å²) in [6, 6.07) is 27.0. The standard InChI is InChI=1S/C29H24F2N2O3/c30-23-15-14-22(27(31)16-23)18-32-28(34)26-13-7-6-12-25(26)24-11-5-4-10-21(24)17-33-29(35)36-19-20-8-2-1-3-9-20/h1-16H,17-19H2,(H,32,34)(H,33,35). The molecule has 0 aliphatic heterocycles. The van der Waals surface area contributed by atoms with E-state index >= 15 is 0 Å². The fourth-order valence-electron chi connectivity index (χ4n) is 3.73. The third-order valence-electron chi connectivity index (χ3n) is 5.57. The number of hydrogen-bond donors (Lipinski definition) is 2. The molecule has 2 N–H and O–H groups in total. The zero-order valence-electron chi connectivity index (χ0n) is 19.3. The third-order valence-corrected chi connectivity index (χ3v) is 5.57. The molecule has 0 spiro atoms. The topological polar surface area (TPSA) is 67.4 Å². The largest absolute Gasteiger partial charge is 0.445 e. The van der Waals surface area contributed by atoms with E-state index in [-0.39, 0.29) is 25.3 Å². The van der Waals surface area contributed by atoms with Crippen LogP contribution in [0.5, 0.6) is 0 Å². The lowest BCUT2D eigenvalue weighted by Crippen LogP contribution is -2.25. The van der Waals surface area contributed by atoms with E-state index in [0.29, 0.717) is 11.1 Å². The van der Waals surface area contributed by atoms with Crippen LogP contribution in [0.4, 0.5) is 13.6 Å². The van der Waals surface area contributed by atoms with Gasteiger partial charge in [-0.05, 0) is 34.4 Å². The molecule has 5 nitrogen and oxygen atoms in total. The number of halogens is 2. The van der Waals surface area contributed by atoms with Crippen LogP contribution in [0.15, 0.2) is 97.1 Å². The molecular weight excluding hydrogens is 462 g/mol. The van der Waals surface area contributed by atoms with Crippen LogP contribution in [0, 0.1) is 11.6 Å². The van der Waals surface area contributed by atoms with Gasteiger partial charge in [0.15, 0.2) is 0 Å². The summed E-state index contributed by atoms with van der Waals surface area (Å²) in [4.78, 5) is 25.2. The van der Waals surface area contributed by atoms with Crippen molar-refractivity contribution in [3.05, 3.63) is 131 Å². The summed E-state index contributed by atoms with van der Waals surface area (Å²) < 4.78 is 32.4. The molecular formula is C29H24F2N2O3. The normalized spacial score (nSPS) is 10.5. The molecule has 0 bridgehead atoms. The molecule has 4 rings (SSSR count). The van der Waals surface area contributed by atoms with Gasteiger partial charge < -0.3 is 15.4 Å². The molecule has 0 aliphatic rings. The maximum absolute atomic E-state index is 14.0. The van der Waals surface area contributed by atoms with E-state index in [0.717, 1.165) is 28.8 Å². The minimum atomic E-state index is -0.723. The van der Waals surface area contributed by atoms with Gasteiger partial charge in [0, 0.05) is 30.3 Å². The number of ether oxygens (including phenoxy) is 1. The van der Waals surface area contributed by atoms with Gasteiger partial charge in [0.05, 0.1) is 0 Å². The van der Waals surface area contributed by atoms with Crippen molar-refractivity contribution >= 4 is 12.0 Å². The lowest BCUT2D eigenvalue weighted by atomic mass is 9.95. The molecule has 0 fully saturated rings. The number of alkyl carbamates (subject to hydrolysis) is 1. The Morgan fingerprint density at radius 1 is 0.694 bits per heavy atom. The number of rotatable bonds is 8. The first-order valence-corrected chi connectivity index (χ1v) is 11.4. The van der Waals surface area contributed by atoms with Crippen LogP contribution in [0.1, 0.15) is 27.0 Å². The van der Waals surface area contributed by atoms with Crippen LogP contribution in [0.2, 0.25) is 0 Å². The summed E-state index contributed by atoms with van der Waals surface area (Å²) >= 11 is 0. The van der Waals surface area contributed by atoms with E-state index < -0.39 is 23.6 Å². The van der Waals surface area contributed by atoms with Gasteiger partial charge in [0.25, 0.3) is 5.91 Å². The first kappa shape index (κ1) is 24.6. The number of hydrogen-bond acceptors (Lipinski definition) is 3. The molecule has 2 amide bonds. The highest BCUT2D eigenvalue weighted by molar-refractivity contribution is 6.01. The zero-order valence-corrected chi connectivity index (χ0v) is 19.3. The van der Waals surface area contributed by atoms with Crippen LogP contribution >= 0.6 is 0 Å². The Labute approximate surface area is 207 Å². The molecule has 7 heteroatoms. The minimum absolute atomic E-state index is 0.0876.